The molecule has 0 bridgehead atoms. The molecule has 4 heteroatoms. The van der Waals surface area contributed by atoms with E-state index in [1.54, 1.807) is 7.11 Å². The second kappa shape index (κ2) is 5.94. The molecule has 1 rings (SSSR count). The normalized spacial score (nSPS) is 17.6. The van der Waals surface area contributed by atoms with Gasteiger partial charge in [0, 0.05) is 7.11 Å². The molecule has 0 aromatic rings. The van der Waals surface area contributed by atoms with Crippen molar-refractivity contribution in [1.29, 1.82) is 0 Å². The highest BCUT2D eigenvalue weighted by molar-refractivity contribution is 5.74. The number of carbonyl (C=O) groups excluding carboxylic acids is 1. The molecule has 0 radical (unpaired) electrons. The fourth-order valence-corrected chi connectivity index (χ4v) is 1.40. The molecule has 1 aliphatic rings. The van der Waals surface area contributed by atoms with Gasteiger partial charge in [-0.25, -0.2) is 5.48 Å². The summed E-state index contributed by atoms with van der Waals surface area (Å²) in [5, 5.41) is 0. The lowest BCUT2D eigenvalue weighted by Crippen LogP contribution is -2.28. The Kier molecular flexibility index (Phi) is 4.78. The minimum Gasteiger partial charge on any atom is -0.384 e. The molecule has 1 N–H and O–H groups in total. The maximum atomic E-state index is 11.0. The number of nitrogens with one attached hydrogen (secondary N) is 1. The molecule has 1 amide bonds. The van der Waals surface area contributed by atoms with Crippen LogP contribution in [0.3, 0.4) is 0 Å². The number of methoxy groups -OCH3 is 1. The maximum Gasteiger partial charge on any atom is 0.245 e. The summed E-state index contributed by atoms with van der Waals surface area (Å²) in [5.74, 6) is -0.103. The molecule has 1 aliphatic carbocycles. The minimum atomic E-state index is -0.103. The molecule has 0 heterocycles. The van der Waals surface area contributed by atoms with E-state index in [0.717, 1.165) is 12.8 Å². The van der Waals surface area contributed by atoms with Gasteiger partial charge in [-0.3, -0.25) is 9.63 Å². The number of carbonyl (C=O) groups is 1. The van der Waals surface area contributed by atoms with Crippen LogP contribution in [0, 0.1) is 0 Å². The molecule has 0 aromatic carbocycles. The third-order valence-corrected chi connectivity index (χ3v) is 2.17. The van der Waals surface area contributed by atoms with Gasteiger partial charge in [-0.1, -0.05) is 12.8 Å². The largest absolute Gasteiger partial charge is 0.384 e. The zero-order chi connectivity index (χ0) is 9.52. The predicted octanol–water partition coefficient (Wildman–Crippen LogP) is 1.01. The molecule has 0 atom stereocenters. The van der Waals surface area contributed by atoms with Crippen LogP contribution in [0.5, 0.6) is 0 Å². The summed E-state index contributed by atoms with van der Waals surface area (Å²) in [4.78, 5) is 16.2. The summed E-state index contributed by atoms with van der Waals surface area (Å²) in [6, 6.07) is 0. The second-order valence-corrected chi connectivity index (χ2v) is 3.29. The van der Waals surface area contributed by atoms with Crippen LogP contribution in [-0.2, 0) is 14.4 Å². The molecule has 0 saturated heterocycles. The van der Waals surface area contributed by atoms with Crippen molar-refractivity contribution in [3.63, 3.8) is 0 Å². The summed E-state index contributed by atoms with van der Waals surface area (Å²) in [5.41, 5.74) is 2.44. The number of ether oxygens (including phenoxy) is 1. The minimum absolute atomic E-state index is 0.103. The van der Waals surface area contributed by atoms with E-state index < -0.39 is 0 Å². The van der Waals surface area contributed by atoms with Crippen LogP contribution in [0.15, 0.2) is 0 Å². The van der Waals surface area contributed by atoms with Gasteiger partial charge in [-0.15, -0.1) is 0 Å². The Hall–Kier alpha value is -0.610. The summed E-state index contributed by atoms with van der Waals surface area (Å²) in [6.45, 7) is 0.444. The van der Waals surface area contributed by atoms with E-state index in [1.165, 1.54) is 12.8 Å². The number of hydrogen-bond acceptors (Lipinski definition) is 3. The van der Waals surface area contributed by atoms with Gasteiger partial charge >= 0.3 is 0 Å². The summed E-state index contributed by atoms with van der Waals surface area (Å²) in [6.07, 6.45) is 5.13. The first kappa shape index (κ1) is 10.5. The van der Waals surface area contributed by atoms with Crippen molar-refractivity contribution in [2.75, 3.05) is 13.7 Å². The monoisotopic (exact) mass is 187 g/mol. The van der Waals surface area contributed by atoms with Gasteiger partial charge < -0.3 is 4.74 Å². The highest BCUT2D eigenvalue weighted by atomic mass is 16.7. The highest BCUT2D eigenvalue weighted by Crippen LogP contribution is 2.19. The Labute approximate surface area is 78.5 Å². The topological polar surface area (TPSA) is 47.6 Å². The third kappa shape index (κ3) is 4.24. The number of hydroxylamine groups is 1. The van der Waals surface area contributed by atoms with Gasteiger partial charge in [0.2, 0.25) is 5.91 Å². The third-order valence-electron chi connectivity index (χ3n) is 2.17. The standard InChI is InChI=1S/C9H17NO3/c1-12-7-6-9(11)10-13-8-4-2-3-5-8/h8H,2-7H2,1H3,(H,10,11). The Morgan fingerprint density at radius 3 is 2.77 bits per heavy atom. The van der Waals surface area contributed by atoms with Gasteiger partial charge in [0.15, 0.2) is 0 Å². The predicted molar refractivity (Wildman–Crippen MR) is 48.0 cm³/mol. The molecule has 4 nitrogen and oxygen atoms in total. The molecule has 0 aliphatic heterocycles. The van der Waals surface area contributed by atoms with Crippen molar-refractivity contribution < 1.29 is 14.4 Å². The molecule has 0 unspecified atom stereocenters. The highest BCUT2D eigenvalue weighted by Gasteiger charge is 2.16. The average molecular weight is 187 g/mol. The first-order valence-electron chi connectivity index (χ1n) is 4.76. The van der Waals surface area contributed by atoms with Gasteiger partial charge in [0.25, 0.3) is 0 Å². The second-order valence-electron chi connectivity index (χ2n) is 3.29. The fraction of sp³-hybridized carbons (Fsp3) is 0.889. The molecular formula is C9H17NO3. The Bertz CT molecular complexity index is 155. The van der Waals surface area contributed by atoms with Gasteiger partial charge in [-0.05, 0) is 12.8 Å². The molecular weight excluding hydrogens is 170 g/mol. The van der Waals surface area contributed by atoms with Crippen LogP contribution in [0.2, 0.25) is 0 Å². The summed E-state index contributed by atoms with van der Waals surface area (Å²) < 4.78 is 4.77. The van der Waals surface area contributed by atoms with Gasteiger partial charge in [-0.2, -0.15) is 0 Å². The maximum absolute atomic E-state index is 11.0. The zero-order valence-electron chi connectivity index (χ0n) is 8.04. The van der Waals surface area contributed by atoms with E-state index in [9.17, 15) is 4.79 Å². The molecule has 0 aromatic heterocycles. The van der Waals surface area contributed by atoms with Crippen molar-refractivity contribution in [1.82, 2.24) is 5.48 Å². The van der Waals surface area contributed by atoms with Crippen LogP contribution in [-0.4, -0.2) is 25.7 Å². The number of rotatable bonds is 5. The van der Waals surface area contributed by atoms with Crippen molar-refractivity contribution in [3.05, 3.63) is 0 Å². The number of hydrogen-bond donors (Lipinski definition) is 1. The summed E-state index contributed by atoms with van der Waals surface area (Å²) in [7, 11) is 1.57. The van der Waals surface area contributed by atoms with Crippen LogP contribution in [0.4, 0.5) is 0 Å². The molecule has 1 saturated carbocycles. The Morgan fingerprint density at radius 2 is 2.15 bits per heavy atom. The first-order chi connectivity index (χ1) is 6.33. The van der Waals surface area contributed by atoms with Crippen LogP contribution < -0.4 is 5.48 Å². The molecule has 76 valence electrons. The summed E-state index contributed by atoms with van der Waals surface area (Å²) >= 11 is 0. The Morgan fingerprint density at radius 1 is 1.46 bits per heavy atom. The van der Waals surface area contributed by atoms with Crippen LogP contribution in [0.25, 0.3) is 0 Å². The van der Waals surface area contributed by atoms with Crippen molar-refractivity contribution in [2.24, 2.45) is 0 Å². The SMILES string of the molecule is COCCC(=O)NOC1CCCC1. The quantitative estimate of drug-likeness (QED) is 0.653. The lowest BCUT2D eigenvalue weighted by molar-refractivity contribution is -0.139. The van der Waals surface area contributed by atoms with E-state index >= 15 is 0 Å². The van der Waals surface area contributed by atoms with Crippen LogP contribution >= 0.6 is 0 Å². The van der Waals surface area contributed by atoms with E-state index in [1.807, 2.05) is 0 Å². The van der Waals surface area contributed by atoms with Crippen molar-refractivity contribution in [3.8, 4) is 0 Å². The van der Waals surface area contributed by atoms with E-state index in [0.29, 0.717) is 13.0 Å². The van der Waals surface area contributed by atoms with Crippen molar-refractivity contribution in [2.45, 2.75) is 38.2 Å². The van der Waals surface area contributed by atoms with E-state index in [4.69, 9.17) is 9.57 Å². The van der Waals surface area contributed by atoms with Gasteiger partial charge in [0.1, 0.15) is 0 Å². The smallest absolute Gasteiger partial charge is 0.245 e. The van der Waals surface area contributed by atoms with Gasteiger partial charge in [0.05, 0.1) is 19.1 Å². The lowest BCUT2D eigenvalue weighted by atomic mass is 10.3. The Balaban J connectivity index is 2.00. The molecule has 1 fully saturated rings. The average Bonchev–Trinajstić information content (AvgIpc) is 2.64. The zero-order valence-corrected chi connectivity index (χ0v) is 8.04. The lowest BCUT2D eigenvalue weighted by Gasteiger charge is -2.10. The molecule has 13 heavy (non-hydrogen) atoms. The van der Waals surface area contributed by atoms with Crippen molar-refractivity contribution >= 4 is 5.91 Å². The first-order valence-corrected chi connectivity index (χ1v) is 4.76. The molecule has 0 spiro atoms. The fourth-order valence-electron chi connectivity index (χ4n) is 1.40. The van der Waals surface area contributed by atoms with E-state index in [-0.39, 0.29) is 12.0 Å². The van der Waals surface area contributed by atoms with Crippen LogP contribution in [0.1, 0.15) is 32.1 Å². The van der Waals surface area contributed by atoms with E-state index in [2.05, 4.69) is 5.48 Å². The number of amides is 1.